The Morgan fingerprint density at radius 3 is 2.94 bits per heavy atom. The van der Waals surface area contributed by atoms with Gasteiger partial charge in [0.05, 0.1) is 19.3 Å². The van der Waals surface area contributed by atoms with Gasteiger partial charge in [0.2, 0.25) is 0 Å². The highest BCUT2D eigenvalue weighted by Crippen LogP contribution is 2.23. The maximum absolute atomic E-state index is 11.5. The second-order valence-corrected chi connectivity index (χ2v) is 3.48. The maximum atomic E-state index is 11.5. The minimum Gasteiger partial charge on any atom is -0.494 e. The largest absolute Gasteiger partial charge is 0.494 e. The number of carbonyl (C=O) groups excluding carboxylic acids is 1. The minimum absolute atomic E-state index is 0.356. The number of carbonyl (C=O) groups is 1. The highest BCUT2D eigenvalue weighted by Gasteiger charge is 2.09. The lowest BCUT2D eigenvalue weighted by molar-refractivity contribution is 0.0526. The molecule has 0 atom stereocenters. The molecule has 2 rings (SSSR count). The minimum atomic E-state index is -0.357. The number of nitrogens with zero attached hydrogens (tertiary/aromatic N) is 1. The number of hydrogen-bond acceptors (Lipinski definition) is 4. The standard InChI is InChI=1S/C13H13NO3/c1-3-17-13(15)10-7-9-5-4-6-11(16-2)12(9)14-8-10/h4-8H,3H2,1-2H3. The van der Waals surface area contributed by atoms with Gasteiger partial charge in [-0.2, -0.15) is 0 Å². The fourth-order valence-electron chi connectivity index (χ4n) is 1.62. The molecule has 0 unspecified atom stereocenters. The first kappa shape index (κ1) is 11.4. The number of fused-ring (bicyclic) bond motifs is 1. The number of pyridine rings is 1. The van der Waals surface area contributed by atoms with Crippen molar-refractivity contribution in [2.75, 3.05) is 13.7 Å². The van der Waals surface area contributed by atoms with Crippen LogP contribution in [0, 0.1) is 0 Å². The topological polar surface area (TPSA) is 48.4 Å². The van der Waals surface area contributed by atoms with E-state index in [-0.39, 0.29) is 5.97 Å². The second kappa shape index (κ2) is 4.82. The van der Waals surface area contributed by atoms with Crippen LogP contribution in [0.4, 0.5) is 0 Å². The Morgan fingerprint density at radius 1 is 1.41 bits per heavy atom. The van der Waals surface area contributed by atoms with Crippen molar-refractivity contribution >= 4 is 16.9 Å². The smallest absolute Gasteiger partial charge is 0.339 e. The predicted octanol–water partition coefficient (Wildman–Crippen LogP) is 2.42. The van der Waals surface area contributed by atoms with Crippen molar-refractivity contribution in [1.29, 1.82) is 0 Å². The summed E-state index contributed by atoms with van der Waals surface area (Å²) in [7, 11) is 1.59. The van der Waals surface area contributed by atoms with E-state index in [0.29, 0.717) is 17.9 Å². The van der Waals surface area contributed by atoms with Crippen LogP contribution < -0.4 is 4.74 Å². The number of ether oxygens (including phenoxy) is 2. The summed E-state index contributed by atoms with van der Waals surface area (Å²) >= 11 is 0. The van der Waals surface area contributed by atoms with Gasteiger partial charge in [0.1, 0.15) is 11.3 Å². The molecule has 1 aromatic carbocycles. The number of esters is 1. The first-order valence-corrected chi connectivity index (χ1v) is 5.36. The lowest BCUT2D eigenvalue weighted by Gasteiger charge is -2.06. The van der Waals surface area contributed by atoms with Crippen LogP contribution in [0.2, 0.25) is 0 Å². The number of hydrogen-bond donors (Lipinski definition) is 0. The Kier molecular flexibility index (Phi) is 3.23. The Labute approximate surface area is 99.2 Å². The van der Waals surface area contributed by atoms with Crippen LogP contribution in [0.15, 0.2) is 30.5 Å². The summed E-state index contributed by atoms with van der Waals surface area (Å²) in [5.74, 6) is 0.336. The Morgan fingerprint density at radius 2 is 2.24 bits per heavy atom. The summed E-state index contributed by atoms with van der Waals surface area (Å²) in [5, 5.41) is 0.856. The zero-order valence-corrected chi connectivity index (χ0v) is 9.77. The van der Waals surface area contributed by atoms with E-state index in [1.165, 1.54) is 6.20 Å². The van der Waals surface area contributed by atoms with E-state index in [4.69, 9.17) is 9.47 Å². The number of methoxy groups -OCH3 is 1. The quantitative estimate of drug-likeness (QED) is 0.761. The molecule has 0 radical (unpaired) electrons. The van der Waals surface area contributed by atoms with E-state index in [2.05, 4.69) is 4.98 Å². The van der Waals surface area contributed by atoms with Gasteiger partial charge < -0.3 is 9.47 Å². The normalized spacial score (nSPS) is 10.2. The molecule has 0 saturated carbocycles. The molecule has 0 aliphatic heterocycles. The van der Waals surface area contributed by atoms with Gasteiger partial charge >= 0.3 is 5.97 Å². The van der Waals surface area contributed by atoms with Gasteiger partial charge in [0, 0.05) is 11.6 Å². The van der Waals surface area contributed by atoms with E-state index >= 15 is 0 Å². The molecule has 4 heteroatoms. The van der Waals surface area contributed by atoms with Gasteiger partial charge in [-0.15, -0.1) is 0 Å². The Hall–Kier alpha value is -2.10. The molecule has 0 aliphatic rings. The van der Waals surface area contributed by atoms with E-state index in [9.17, 15) is 4.79 Å². The van der Waals surface area contributed by atoms with E-state index < -0.39 is 0 Å². The monoisotopic (exact) mass is 231 g/mol. The third-order valence-electron chi connectivity index (χ3n) is 2.40. The third kappa shape index (κ3) is 2.20. The van der Waals surface area contributed by atoms with Crippen molar-refractivity contribution in [3.8, 4) is 5.75 Å². The number of benzene rings is 1. The summed E-state index contributed by atoms with van der Waals surface area (Å²) in [6.45, 7) is 2.13. The molecular formula is C13H13NO3. The molecule has 4 nitrogen and oxygen atoms in total. The van der Waals surface area contributed by atoms with Crippen molar-refractivity contribution in [3.05, 3.63) is 36.0 Å². The first-order chi connectivity index (χ1) is 8.26. The van der Waals surface area contributed by atoms with Gasteiger partial charge in [-0.05, 0) is 19.1 Å². The fourth-order valence-corrected chi connectivity index (χ4v) is 1.62. The predicted molar refractivity (Wildman–Crippen MR) is 64.3 cm³/mol. The van der Waals surface area contributed by atoms with E-state index in [1.54, 1.807) is 20.1 Å². The zero-order chi connectivity index (χ0) is 12.3. The molecule has 0 aliphatic carbocycles. The van der Waals surface area contributed by atoms with Crippen molar-refractivity contribution < 1.29 is 14.3 Å². The molecule has 0 N–H and O–H groups in total. The average Bonchev–Trinajstić information content (AvgIpc) is 2.37. The molecule has 2 aromatic rings. The van der Waals surface area contributed by atoms with Crippen LogP contribution in [-0.2, 0) is 4.74 Å². The summed E-state index contributed by atoms with van der Waals surface area (Å²) in [6, 6.07) is 7.33. The lowest BCUT2D eigenvalue weighted by atomic mass is 10.1. The fraction of sp³-hybridized carbons (Fsp3) is 0.231. The molecular weight excluding hydrogens is 218 g/mol. The van der Waals surface area contributed by atoms with Crippen molar-refractivity contribution in [2.24, 2.45) is 0 Å². The molecule has 0 fully saturated rings. The average molecular weight is 231 g/mol. The zero-order valence-electron chi connectivity index (χ0n) is 9.77. The summed E-state index contributed by atoms with van der Waals surface area (Å²) in [4.78, 5) is 15.8. The molecule has 0 spiro atoms. The van der Waals surface area contributed by atoms with Gasteiger partial charge in [-0.3, -0.25) is 4.98 Å². The summed E-state index contributed by atoms with van der Waals surface area (Å²) in [5.41, 5.74) is 1.19. The highest BCUT2D eigenvalue weighted by atomic mass is 16.5. The number of rotatable bonds is 3. The lowest BCUT2D eigenvalue weighted by Crippen LogP contribution is -2.05. The van der Waals surface area contributed by atoms with Crippen LogP contribution in [0.1, 0.15) is 17.3 Å². The van der Waals surface area contributed by atoms with Crippen LogP contribution in [0.25, 0.3) is 10.9 Å². The Balaban J connectivity index is 2.48. The number of para-hydroxylation sites is 1. The van der Waals surface area contributed by atoms with Crippen molar-refractivity contribution in [3.63, 3.8) is 0 Å². The molecule has 0 amide bonds. The third-order valence-corrected chi connectivity index (χ3v) is 2.40. The molecule has 88 valence electrons. The molecule has 1 aromatic heterocycles. The maximum Gasteiger partial charge on any atom is 0.339 e. The Bertz CT molecular complexity index is 551. The van der Waals surface area contributed by atoms with Crippen LogP contribution >= 0.6 is 0 Å². The molecule has 0 bridgehead atoms. The van der Waals surface area contributed by atoms with E-state index in [1.807, 2.05) is 18.2 Å². The number of aromatic nitrogens is 1. The highest BCUT2D eigenvalue weighted by molar-refractivity contribution is 5.95. The molecule has 17 heavy (non-hydrogen) atoms. The van der Waals surface area contributed by atoms with Crippen molar-refractivity contribution in [2.45, 2.75) is 6.92 Å². The molecule has 0 saturated heterocycles. The second-order valence-electron chi connectivity index (χ2n) is 3.48. The van der Waals surface area contributed by atoms with Crippen LogP contribution in [0.5, 0.6) is 5.75 Å². The van der Waals surface area contributed by atoms with Gasteiger partial charge in [0.25, 0.3) is 0 Å². The van der Waals surface area contributed by atoms with Gasteiger partial charge in [-0.25, -0.2) is 4.79 Å². The first-order valence-electron chi connectivity index (χ1n) is 5.36. The van der Waals surface area contributed by atoms with Crippen LogP contribution in [-0.4, -0.2) is 24.7 Å². The SMILES string of the molecule is CCOC(=O)c1cnc2c(OC)cccc2c1. The van der Waals surface area contributed by atoms with Crippen LogP contribution in [0.3, 0.4) is 0 Å². The summed E-state index contributed by atoms with van der Waals surface area (Å²) < 4.78 is 10.1. The van der Waals surface area contributed by atoms with Gasteiger partial charge in [0.15, 0.2) is 0 Å². The van der Waals surface area contributed by atoms with Gasteiger partial charge in [-0.1, -0.05) is 12.1 Å². The van der Waals surface area contributed by atoms with Crippen molar-refractivity contribution in [1.82, 2.24) is 4.98 Å². The summed E-state index contributed by atoms with van der Waals surface area (Å²) in [6.07, 6.45) is 1.50. The van der Waals surface area contributed by atoms with E-state index in [0.717, 1.165) is 10.9 Å². The molecule has 1 heterocycles.